The molecule has 1 aromatic heterocycles. The van der Waals surface area contributed by atoms with E-state index in [4.69, 9.17) is 9.62 Å². The molecule has 0 aromatic carbocycles. The number of furan rings is 1. The van der Waals surface area contributed by atoms with E-state index in [9.17, 15) is 5.11 Å². The van der Waals surface area contributed by atoms with Crippen LogP contribution in [0.4, 0.5) is 0 Å². The molecule has 2 rings (SSSR count). The predicted octanol–water partition coefficient (Wildman–Crippen LogP) is 2.24. The van der Waals surface area contributed by atoms with E-state index in [0.29, 0.717) is 11.5 Å². The summed E-state index contributed by atoms with van der Waals surface area (Å²) in [6, 6.07) is 3.45. The Labute approximate surface area is 88.2 Å². The van der Waals surface area contributed by atoms with E-state index in [0.717, 1.165) is 25.7 Å². The summed E-state index contributed by atoms with van der Waals surface area (Å²) in [5.74, 6) is 1.04. The van der Waals surface area contributed by atoms with Crippen LogP contribution in [0.5, 0.6) is 0 Å². The van der Waals surface area contributed by atoms with Crippen molar-refractivity contribution in [2.24, 2.45) is 5.16 Å². The minimum atomic E-state index is -0.820. The smallest absolute Gasteiger partial charge is 0.148 e. The topological polar surface area (TPSA) is 66.0 Å². The fourth-order valence-corrected chi connectivity index (χ4v) is 2.11. The van der Waals surface area contributed by atoms with E-state index in [1.807, 2.05) is 0 Å². The zero-order valence-electron chi connectivity index (χ0n) is 8.52. The van der Waals surface area contributed by atoms with Gasteiger partial charge in [0.15, 0.2) is 0 Å². The number of hydrogen-bond donors (Lipinski definition) is 2. The summed E-state index contributed by atoms with van der Waals surface area (Å²) >= 11 is 0. The molecule has 0 bridgehead atoms. The Hall–Kier alpha value is -1.29. The lowest BCUT2D eigenvalue weighted by molar-refractivity contribution is -0.0199. The second kappa shape index (κ2) is 4.06. The van der Waals surface area contributed by atoms with Crippen LogP contribution < -0.4 is 0 Å². The van der Waals surface area contributed by atoms with E-state index < -0.39 is 5.60 Å². The molecule has 1 aliphatic rings. The molecule has 1 fully saturated rings. The summed E-state index contributed by atoms with van der Waals surface area (Å²) in [5, 5.41) is 21.6. The van der Waals surface area contributed by atoms with Gasteiger partial charge in [-0.15, -0.1) is 0 Å². The molecule has 2 N–H and O–H groups in total. The average Bonchev–Trinajstić information content (AvgIpc) is 2.69. The molecule has 0 aliphatic heterocycles. The molecule has 0 saturated heterocycles. The molecule has 1 aromatic rings. The minimum absolute atomic E-state index is 0.464. The van der Waals surface area contributed by atoms with Crippen molar-refractivity contribution in [2.45, 2.75) is 37.7 Å². The molecule has 0 amide bonds. The number of aliphatic hydroxyl groups is 1. The lowest BCUT2D eigenvalue weighted by Gasteiger charge is -2.29. The van der Waals surface area contributed by atoms with Gasteiger partial charge in [-0.1, -0.05) is 24.4 Å². The van der Waals surface area contributed by atoms with Gasteiger partial charge in [0.25, 0.3) is 0 Å². The summed E-state index contributed by atoms with van der Waals surface area (Å²) in [6.07, 6.45) is 5.94. The maximum Gasteiger partial charge on any atom is 0.148 e. The zero-order chi connectivity index (χ0) is 10.7. The van der Waals surface area contributed by atoms with E-state index in [1.54, 1.807) is 12.1 Å². The molecule has 1 heterocycles. The first-order valence-electron chi connectivity index (χ1n) is 5.25. The van der Waals surface area contributed by atoms with Gasteiger partial charge in [0.05, 0.1) is 0 Å². The first kappa shape index (κ1) is 10.2. The van der Waals surface area contributed by atoms with Crippen molar-refractivity contribution in [3.05, 3.63) is 23.7 Å². The molecular formula is C11H15NO3. The zero-order valence-corrected chi connectivity index (χ0v) is 8.52. The van der Waals surface area contributed by atoms with Crippen molar-refractivity contribution in [2.75, 3.05) is 0 Å². The molecule has 0 unspecified atom stereocenters. The average molecular weight is 209 g/mol. The Morgan fingerprint density at radius 2 is 2.00 bits per heavy atom. The molecule has 0 spiro atoms. The highest BCUT2D eigenvalue weighted by molar-refractivity contribution is 5.75. The minimum Gasteiger partial charge on any atom is -0.457 e. The molecule has 1 saturated carbocycles. The molecule has 0 radical (unpaired) electrons. The summed E-state index contributed by atoms with van der Waals surface area (Å²) in [7, 11) is 0. The van der Waals surface area contributed by atoms with Gasteiger partial charge in [-0.3, -0.25) is 0 Å². The number of hydrogen-bond acceptors (Lipinski definition) is 4. The largest absolute Gasteiger partial charge is 0.457 e. The molecular weight excluding hydrogens is 194 g/mol. The van der Waals surface area contributed by atoms with E-state index >= 15 is 0 Å². The lowest BCUT2D eigenvalue weighted by Crippen LogP contribution is -2.27. The van der Waals surface area contributed by atoms with Gasteiger partial charge in [0, 0.05) is 0 Å². The molecule has 4 heteroatoms. The van der Waals surface area contributed by atoms with E-state index in [-0.39, 0.29) is 0 Å². The van der Waals surface area contributed by atoms with Gasteiger partial charge in [-0.05, 0) is 25.0 Å². The third kappa shape index (κ3) is 2.04. The summed E-state index contributed by atoms with van der Waals surface area (Å²) in [4.78, 5) is 0. The quantitative estimate of drug-likeness (QED) is 0.446. The Kier molecular flexibility index (Phi) is 2.77. The molecule has 4 nitrogen and oxygen atoms in total. The Balaban J connectivity index is 2.19. The second-order valence-corrected chi connectivity index (χ2v) is 4.04. The van der Waals surface area contributed by atoms with Crippen LogP contribution in [0, 0.1) is 0 Å². The van der Waals surface area contributed by atoms with Crippen molar-refractivity contribution >= 4 is 6.21 Å². The molecule has 0 atom stereocenters. The van der Waals surface area contributed by atoms with E-state index in [2.05, 4.69) is 5.16 Å². The highest BCUT2D eigenvalue weighted by Gasteiger charge is 2.34. The van der Waals surface area contributed by atoms with Crippen LogP contribution in [0.1, 0.15) is 43.6 Å². The first-order chi connectivity index (χ1) is 7.24. The van der Waals surface area contributed by atoms with Gasteiger partial charge in [0.2, 0.25) is 0 Å². The summed E-state index contributed by atoms with van der Waals surface area (Å²) < 4.78 is 5.41. The third-order valence-corrected chi connectivity index (χ3v) is 2.95. The van der Waals surface area contributed by atoms with Gasteiger partial charge in [0.1, 0.15) is 23.3 Å². The monoisotopic (exact) mass is 209 g/mol. The lowest BCUT2D eigenvalue weighted by atomic mass is 9.83. The molecule has 1 aliphatic carbocycles. The van der Waals surface area contributed by atoms with E-state index in [1.165, 1.54) is 12.6 Å². The van der Waals surface area contributed by atoms with Crippen LogP contribution in [0.25, 0.3) is 0 Å². The maximum absolute atomic E-state index is 10.3. The van der Waals surface area contributed by atoms with Crippen molar-refractivity contribution in [1.82, 2.24) is 0 Å². The van der Waals surface area contributed by atoms with Crippen molar-refractivity contribution in [3.8, 4) is 0 Å². The van der Waals surface area contributed by atoms with Crippen LogP contribution >= 0.6 is 0 Å². The summed E-state index contributed by atoms with van der Waals surface area (Å²) in [5.41, 5.74) is -0.820. The van der Waals surface area contributed by atoms with Crippen molar-refractivity contribution in [1.29, 1.82) is 0 Å². The third-order valence-electron chi connectivity index (χ3n) is 2.95. The van der Waals surface area contributed by atoms with Crippen LogP contribution in [0.15, 0.2) is 21.7 Å². The Morgan fingerprint density at radius 3 is 2.67 bits per heavy atom. The van der Waals surface area contributed by atoms with Crippen LogP contribution in [-0.4, -0.2) is 16.5 Å². The van der Waals surface area contributed by atoms with Crippen LogP contribution in [0.3, 0.4) is 0 Å². The van der Waals surface area contributed by atoms with Gasteiger partial charge >= 0.3 is 0 Å². The number of oxime groups is 1. The highest BCUT2D eigenvalue weighted by atomic mass is 16.4. The first-order valence-corrected chi connectivity index (χ1v) is 5.25. The van der Waals surface area contributed by atoms with Crippen molar-refractivity contribution < 1.29 is 14.7 Å². The fraction of sp³-hybridized carbons (Fsp3) is 0.545. The number of nitrogens with zero attached hydrogens (tertiary/aromatic N) is 1. The fourth-order valence-electron chi connectivity index (χ4n) is 2.11. The summed E-state index contributed by atoms with van der Waals surface area (Å²) in [6.45, 7) is 0. The van der Waals surface area contributed by atoms with Crippen LogP contribution in [-0.2, 0) is 5.60 Å². The highest BCUT2D eigenvalue weighted by Crippen LogP contribution is 2.37. The Bertz CT molecular complexity index is 350. The standard InChI is InChI=1S/C11H15NO3/c13-11(6-2-1-3-7-11)10-5-4-9(15-10)8-12-14/h4-5,8,13-14H,1-3,6-7H2. The molecule has 15 heavy (non-hydrogen) atoms. The van der Waals surface area contributed by atoms with Gasteiger partial charge in [-0.2, -0.15) is 0 Å². The maximum atomic E-state index is 10.3. The van der Waals surface area contributed by atoms with Gasteiger partial charge in [-0.25, -0.2) is 0 Å². The second-order valence-electron chi connectivity index (χ2n) is 4.04. The van der Waals surface area contributed by atoms with Crippen molar-refractivity contribution in [3.63, 3.8) is 0 Å². The Morgan fingerprint density at radius 1 is 1.27 bits per heavy atom. The normalized spacial score (nSPS) is 20.9. The predicted molar refractivity (Wildman–Crippen MR) is 55.1 cm³/mol. The number of rotatable bonds is 2. The molecule has 82 valence electrons. The SMILES string of the molecule is ON=Cc1ccc(C2(O)CCCCC2)o1. The van der Waals surface area contributed by atoms with Crippen LogP contribution in [0.2, 0.25) is 0 Å². The van der Waals surface area contributed by atoms with Gasteiger partial charge < -0.3 is 14.7 Å².